The summed E-state index contributed by atoms with van der Waals surface area (Å²) in [5, 5.41) is 8.62. The predicted octanol–water partition coefficient (Wildman–Crippen LogP) is 2.25. The molecule has 0 fully saturated rings. The van der Waals surface area contributed by atoms with E-state index < -0.39 is 10.8 Å². The van der Waals surface area contributed by atoms with E-state index in [0.29, 0.717) is 6.42 Å². The molecule has 0 aliphatic rings. The lowest BCUT2D eigenvalue weighted by molar-refractivity contribution is -0.136. The van der Waals surface area contributed by atoms with Crippen LogP contribution in [0.2, 0.25) is 0 Å². The maximum atomic E-state index is 10.5. The molecular formula is C10H12BrNO2. The molecule has 1 rings (SSSR count). The van der Waals surface area contributed by atoms with Crippen molar-refractivity contribution in [1.29, 1.82) is 0 Å². The summed E-state index contributed by atoms with van der Waals surface area (Å²) in [7, 11) is 0. The van der Waals surface area contributed by atoms with E-state index in [1.165, 1.54) is 5.56 Å². The van der Waals surface area contributed by atoms with Crippen molar-refractivity contribution in [2.45, 2.75) is 24.1 Å². The van der Waals surface area contributed by atoms with E-state index in [0.717, 1.165) is 12.8 Å². The maximum Gasteiger partial charge on any atom is 0.317 e. The van der Waals surface area contributed by atoms with Crippen LogP contribution in [-0.2, 0) is 11.2 Å². The number of carboxylic acid groups (broad SMARTS) is 1. The zero-order valence-corrected chi connectivity index (χ0v) is 9.27. The number of pyridine rings is 1. The molecule has 1 atom stereocenters. The number of alkyl halides is 1. The first-order valence-corrected chi connectivity index (χ1v) is 5.37. The number of hydrogen-bond donors (Lipinski definition) is 1. The van der Waals surface area contributed by atoms with Gasteiger partial charge in [-0.2, -0.15) is 0 Å². The van der Waals surface area contributed by atoms with Gasteiger partial charge in [-0.3, -0.25) is 9.78 Å². The van der Waals surface area contributed by atoms with Crippen molar-refractivity contribution in [3.05, 3.63) is 30.1 Å². The summed E-state index contributed by atoms with van der Waals surface area (Å²) in [6.07, 6.45) is 5.91. The summed E-state index contributed by atoms with van der Waals surface area (Å²) in [5.74, 6) is -0.792. The lowest BCUT2D eigenvalue weighted by atomic mass is 10.1. The van der Waals surface area contributed by atoms with Gasteiger partial charge in [0.1, 0.15) is 4.83 Å². The largest absolute Gasteiger partial charge is 0.480 e. The van der Waals surface area contributed by atoms with Gasteiger partial charge in [0.25, 0.3) is 0 Å². The molecule has 1 aromatic rings. The number of halogens is 1. The normalized spacial score (nSPS) is 12.4. The lowest BCUT2D eigenvalue weighted by Crippen LogP contribution is -2.12. The second kappa shape index (κ2) is 5.75. The average Bonchev–Trinajstić information content (AvgIpc) is 2.19. The summed E-state index contributed by atoms with van der Waals surface area (Å²) in [6.45, 7) is 0. The van der Waals surface area contributed by atoms with Crippen LogP contribution in [0.3, 0.4) is 0 Å². The summed E-state index contributed by atoms with van der Waals surface area (Å²) < 4.78 is 0. The van der Waals surface area contributed by atoms with Gasteiger partial charge in [0.15, 0.2) is 0 Å². The van der Waals surface area contributed by atoms with Crippen LogP contribution < -0.4 is 0 Å². The number of aliphatic carboxylic acids is 1. The number of rotatable bonds is 5. The lowest BCUT2D eigenvalue weighted by Gasteiger charge is -2.03. The van der Waals surface area contributed by atoms with Crippen LogP contribution in [-0.4, -0.2) is 20.9 Å². The highest BCUT2D eigenvalue weighted by Crippen LogP contribution is 2.11. The van der Waals surface area contributed by atoms with Gasteiger partial charge in [-0.15, -0.1) is 0 Å². The van der Waals surface area contributed by atoms with Crippen molar-refractivity contribution >= 4 is 21.9 Å². The molecule has 0 saturated carbocycles. The van der Waals surface area contributed by atoms with E-state index in [1.807, 2.05) is 12.1 Å². The molecule has 0 aliphatic heterocycles. The standard InChI is InChI=1S/C10H12BrNO2/c11-9(10(13)14)3-1-2-8-4-6-12-7-5-8/h4-7,9H,1-3H2,(H,13,14). The molecule has 3 nitrogen and oxygen atoms in total. The average molecular weight is 258 g/mol. The van der Waals surface area contributed by atoms with Gasteiger partial charge in [0, 0.05) is 12.4 Å². The highest BCUT2D eigenvalue weighted by Gasteiger charge is 2.11. The third kappa shape index (κ3) is 3.87. The van der Waals surface area contributed by atoms with Crippen molar-refractivity contribution in [2.75, 3.05) is 0 Å². The second-order valence-corrected chi connectivity index (χ2v) is 4.16. The molecule has 1 heterocycles. The van der Waals surface area contributed by atoms with Crippen LogP contribution in [0.5, 0.6) is 0 Å². The molecule has 0 spiro atoms. The molecule has 0 bridgehead atoms. The first-order chi connectivity index (χ1) is 6.70. The van der Waals surface area contributed by atoms with E-state index in [4.69, 9.17) is 5.11 Å². The van der Waals surface area contributed by atoms with Crippen molar-refractivity contribution in [3.63, 3.8) is 0 Å². The first-order valence-electron chi connectivity index (χ1n) is 4.46. The quantitative estimate of drug-likeness (QED) is 0.824. The minimum Gasteiger partial charge on any atom is -0.480 e. The smallest absolute Gasteiger partial charge is 0.317 e. The number of carboxylic acids is 1. The van der Waals surface area contributed by atoms with Crippen LogP contribution in [0.25, 0.3) is 0 Å². The Balaban J connectivity index is 2.26. The Labute approximate surface area is 91.3 Å². The summed E-state index contributed by atoms with van der Waals surface area (Å²) in [4.78, 5) is 14.0. The Morgan fingerprint density at radius 1 is 1.50 bits per heavy atom. The van der Waals surface area contributed by atoms with Crippen LogP contribution in [0, 0.1) is 0 Å². The molecule has 76 valence electrons. The maximum absolute atomic E-state index is 10.5. The zero-order chi connectivity index (χ0) is 10.4. The number of aryl methyl sites for hydroxylation is 1. The van der Waals surface area contributed by atoms with Gasteiger partial charge in [-0.05, 0) is 37.0 Å². The number of hydrogen-bond acceptors (Lipinski definition) is 2. The van der Waals surface area contributed by atoms with E-state index in [2.05, 4.69) is 20.9 Å². The third-order valence-electron chi connectivity index (χ3n) is 1.94. The summed E-state index contributed by atoms with van der Waals surface area (Å²) in [5.41, 5.74) is 1.20. The SMILES string of the molecule is O=C(O)C(Br)CCCc1ccncc1. The molecule has 14 heavy (non-hydrogen) atoms. The topological polar surface area (TPSA) is 50.2 Å². The van der Waals surface area contributed by atoms with Crippen LogP contribution in [0.4, 0.5) is 0 Å². The molecule has 0 aromatic carbocycles. The molecule has 1 N–H and O–H groups in total. The number of nitrogens with zero attached hydrogens (tertiary/aromatic N) is 1. The van der Waals surface area contributed by atoms with Gasteiger partial charge in [0.2, 0.25) is 0 Å². The predicted molar refractivity (Wildman–Crippen MR) is 57.5 cm³/mol. The molecule has 0 aliphatic carbocycles. The van der Waals surface area contributed by atoms with Gasteiger partial charge >= 0.3 is 5.97 Å². The minimum absolute atomic E-state index is 0.427. The van der Waals surface area contributed by atoms with Gasteiger partial charge in [-0.25, -0.2) is 0 Å². The fourth-order valence-corrected chi connectivity index (χ4v) is 1.48. The zero-order valence-electron chi connectivity index (χ0n) is 7.69. The van der Waals surface area contributed by atoms with Crippen LogP contribution in [0.15, 0.2) is 24.5 Å². The van der Waals surface area contributed by atoms with E-state index >= 15 is 0 Å². The molecule has 1 unspecified atom stereocenters. The van der Waals surface area contributed by atoms with Crippen molar-refractivity contribution < 1.29 is 9.90 Å². The van der Waals surface area contributed by atoms with E-state index in [9.17, 15) is 4.79 Å². The Kier molecular flexibility index (Phi) is 4.59. The molecule has 0 amide bonds. The summed E-state index contributed by atoms with van der Waals surface area (Å²) in [6, 6.07) is 3.90. The Morgan fingerprint density at radius 3 is 2.71 bits per heavy atom. The van der Waals surface area contributed by atoms with E-state index in [-0.39, 0.29) is 0 Å². The monoisotopic (exact) mass is 257 g/mol. The summed E-state index contributed by atoms with van der Waals surface area (Å²) >= 11 is 3.10. The van der Waals surface area contributed by atoms with Crippen LogP contribution >= 0.6 is 15.9 Å². The van der Waals surface area contributed by atoms with Crippen LogP contribution in [0.1, 0.15) is 18.4 Å². The van der Waals surface area contributed by atoms with Gasteiger partial charge in [-0.1, -0.05) is 15.9 Å². The van der Waals surface area contributed by atoms with Crippen molar-refractivity contribution in [3.8, 4) is 0 Å². The molecule has 0 radical (unpaired) electrons. The molecule has 4 heteroatoms. The van der Waals surface area contributed by atoms with E-state index in [1.54, 1.807) is 12.4 Å². The van der Waals surface area contributed by atoms with Gasteiger partial charge < -0.3 is 5.11 Å². The molecule has 1 aromatic heterocycles. The Morgan fingerprint density at radius 2 is 2.14 bits per heavy atom. The Hall–Kier alpha value is -0.900. The molecular weight excluding hydrogens is 246 g/mol. The van der Waals surface area contributed by atoms with Crippen molar-refractivity contribution in [1.82, 2.24) is 4.98 Å². The highest BCUT2D eigenvalue weighted by atomic mass is 79.9. The molecule has 0 saturated heterocycles. The second-order valence-electron chi connectivity index (χ2n) is 3.05. The van der Waals surface area contributed by atoms with Gasteiger partial charge in [0.05, 0.1) is 0 Å². The fraction of sp³-hybridized carbons (Fsp3) is 0.400. The Bertz CT molecular complexity index is 289. The third-order valence-corrected chi connectivity index (χ3v) is 2.79. The fourth-order valence-electron chi connectivity index (χ4n) is 1.16. The number of aromatic nitrogens is 1. The number of carbonyl (C=O) groups is 1. The highest BCUT2D eigenvalue weighted by molar-refractivity contribution is 9.10. The van der Waals surface area contributed by atoms with Crippen molar-refractivity contribution in [2.24, 2.45) is 0 Å². The first kappa shape index (κ1) is 11.2. The minimum atomic E-state index is -0.792.